The van der Waals surface area contributed by atoms with E-state index in [-0.39, 0.29) is 5.78 Å². The summed E-state index contributed by atoms with van der Waals surface area (Å²) in [6.07, 6.45) is 4.64. The molecule has 1 N–H and O–H groups in total. The van der Waals surface area contributed by atoms with Crippen molar-refractivity contribution < 1.29 is 4.79 Å². The molecule has 0 radical (unpaired) electrons. The van der Waals surface area contributed by atoms with Crippen LogP contribution >= 0.6 is 15.9 Å². The van der Waals surface area contributed by atoms with Gasteiger partial charge in [0.15, 0.2) is 0 Å². The lowest BCUT2D eigenvalue weighted by molar-refractivity contribution is 0.102. The quantitative estimate of drug-likeness (QED) is 0.818. The zero-order valence-electron chi connectivity index (χ0n) is 7.36. The number of ketones is 1. The number of carbonyl (C=O) groups is 1. The number of rotatable bonds is 2. The molecule has 0 unspecified atom stereocenters. The van der Waals surface area contributed by atoms with Crippen LogP contribution in [0.3, 0.4) is 0 Å². The van der Waals surface area contributed by atoms with Crippen LogP contribution < -0.4 is 0 Å². The van der Waals surface area contributed by atoms with Gasteiger partial charge >= 0.3 is 0 Å². The molecule has 0 aliphatic carbocycles. The van der Waals surface area contributed by atoms with Gasteiger partial charge in [0.1, 0.15) is 5.69 Å². The molecule has 6 heteroatoms. The molecule has 0 bridgehead atoms. The highest BCUT2D eigenvalue weighted by Gasteiger charge is 2.17. The van der Waals surface area contributed by atoms with Crippen LogP contribution in [0.15, 0.2) is 23.1 Å². The average molecular weight is 255 g/mol. The fourth-order valence-electron chi connectivity index (χ4n) is 1.18. The Balaban J connectivity index is 2.46. The van der Waals surface area contributed by atoms with Gasteiger partial charge in [-0.15, -0.1) is 0 Å². The van der Waals surface area contributed by atoms with E-state index in [0.717, 1.165) is 0 Å². The molecule has 0 saturated carbocycles. The Morgan fingerprint density at radius 2 is 2.36 bits per heavy atom. The topological polar surface area (TPSA) is 63.6 Å². The van der Waals surface area contributed by atoms with E-state index < -0.39 is 0 Å². The molecule has 14 heavy (non-hydrogen) atoms. The Hall–Kier alpha value is -1.43. The normalized spacial score (nSPS) is 10.4. The van der Waals surface area contributed by atoms with Crippen LogP contribution in [-0.2, 0) is 7.05 Å². The van der Waals surface area contributed by atoms with Gasteiger partial charge in [0.2, 0.25) is 5.78 Å². The lowest BCUT2D eigenvalue weighted by atomic mass is 10.2. The van der Waals surface area contributed by atoms with Gasteiger partial charge in [0, 0.05) is 13.2 Å². The maximum atomic E-state index is 11.9. The number of H-pyrrole nitrogens is 1. The molecule has 0 aliphatic rings. The third kappa shape index (κ3) is 1.37. The zero-order valence-corrected chi connectivity index (χ0v) is 8.95. The second-order valence-electron chi connectivity index (χ2n) is 2.78. The molecule has 0 amide bonds. The molecule has 2 heterocycles. The van der Waals surface area contributed by atoms with Crippen LogP contribution in [-0.4, -0.2) is 25.8 Å². The minimum absolute atomic E-state index is 0.106. The number of aromatic amines is 1. The van der Waals surface area contributed by atoms with Gasteiger partial charge in [-0.2, -0.15) is 10.2 Å². The summed E-state index contributed by atoms with van der Waals surface area (Å²) in [7, 11) is 1.72. The van der Waals surface area contributed by atoms with E-state index in [4.69, 9.17) is 0 Å². The van der Waals surface area contributed by atoms with E-state index in [1.165, 1.54) is 10.9 Å². The summed E-state index contributed by atoms with van der Waals surface area (Å²) < 4.78 is 2.21. The second-order valence-corrected chi connectivity index (χ2v) is 3.64. The molecule has 5 nitrogen and oxygen atoms in total. The Kier molecular flexibility index (Phi) is 2.20. The smallest absolute Gasteiger partial charge is 0.215 e. The zero-order chi connectivity index (χ0) is 10.1. The van der Waals surface area contributed by atoms with Crippen molar-refractivity contribution in [1.82, 2.24) is 20.0 Å². The molecular formula is C8H7BrN4O. The Bertz CT molecular complexity index is 440. The van der Waals surface area contributed by atoms with E-state index in [1.54, 1.807) is 19.4 Å². The Morgan fingerprint density at radius 3 is 2.86 bits per heavy atom. The summed E-state index contributed by atoms with van der Waals surface area (Å²) >= 11 is 3.27. The van der Waals surface area contributed by atoms with E-state index in [9.17, 15) is 4.79 Å². The fourth-order valence-corrected chi connectivity index (χ4v) is 1.71. The maximum absolute atomic E-state index is 11.9. The third-order valence-electron chi connectivity index (χ3n) is 1.87. The average Bonchev–Trinajstić information content (AvgIpc) is 2.75. The summed E-state index contributed by atoms with van der Waals surface area (Å²) in [6.45, 7) is 0. The fraction of sp³-hybridized carbons (Fsp3) is 0.125. The largest absolute Gasteiger partial charge is 0.287 e. The minimum Gasteiger partial charge on any atom is -0.287 e. The summed E-state index contributed by atoms with van der Waals surface area (Å²) in [5, 5.41) is 10.3. The molecule has 2 aromatic heterocycles. The highest BCUT2D eigenvalue weighted by atomic mass is 79.9. The van der Waals surface area contributed by atoms with Crippen LogP contribution in [0.25, 0.3) is 0 Å². The molecule has 72 valence electrons. The van der Waals surface area contributed by atoms with Gasteiger partial charge in [0.05, 0.1) is 22.4 Å². The molecule has 2 rings (SSSR count). The van der Waals surface area contributed by atoms with Gasteiger partial charge in [-0.25, -0.2) is 0 Å². The first-order chi connectivity index (χ1) is 6.70. The van der Waals surface area contributed by atoms with Gasteiger partial charge in [-0.05, 0) is 15.9 Å². The van der Waals surface area contributed by atoms with E-state index in [2.05, 4.69) is 31.2 Å². The number of hydrogen-bond acceptors (Lipinski definition) is 3. The molecule has 0 fully saturated rings. The number of aryl methyl sites for hydroxylation is 1. The highest BCUT2D eigenvalue weighted by Crippen LogP contribution is 2.18. The number of carbonyl (C=O) groups excluding carboxylic acids is 1. The number of nitrogens with zero attached hydrogens (tertiary/aromatic N) is 3. The van der Waals surface area contributed by atoms with E-state index in [0.29, 0.717) is 15.7 Å². The van der Waals surface area contributed by atoms with Gasteiger partial charge in [0.25, 0.3) is 0 Å². The van der Waals surface area contributed by atoms with E-state index in [1.807, 2.05) is 0 Å². The van der Waals surface area contributed by atoms with Crippen LogP contribution in [0.5, 0.6) is 0 Å². The van der Waals surface area contributed by atoms with Crippen molar-refractivity contribution in [2.45, 2.75) is 0 Å². The first-order valence-electron chi connectivity index (χ1n) is 3.91. The second kappa shape index (κ2) is 3.38. The predicted molar refractivity (Wildman–Crippen MR) is 52.9 cm³/mol. The van der Waals surface area contributed by atoms with Gasteiger partial charge in [-0.3, -0.25) is 14.6 Å². The molecule has 0 atom stereocenters. The number of hydrogen-bond donors (Lipinski definition) is 1. The Morgan fingerprint density at radius 1 is 1.57 bits per heavy atom. The van der Waals surface area contributed by atoms with Crippen molar-refractivity contribution in [2.75, 3.05) is 0 Å². The van der Waals surface area contributed by atoms with Crippen molar-refractivity contribution in [2.24, 2.45) is 7.05 Å². The maximum Gasteiger partial charge on any atom is 0.215 e. The highest BCUT2D eigenvalue weighted by molar-refractivity contribution is 9.10. The predicted octanol–water partition coefficient (Wildman–Crippen LogP) is 1.14. The standard InChI is InChI=1S/C8H7BrN4O/c1-13-7(6(9)4-12-13)8(14)5-2-10-11-3-5/h2-4H,1H3,(H,10,11). The molecule has 2 aromatic rings. The lowest BCUT2D eigenvalue weighted by Crippen LogP contribution is -2.08. The van der Waals surface area contributed by atoms with Crippen LogP contribution in [0.1, 0.15) is 16.1 Å². The van der Waals surface area contributed by atoms with Crippen molar-refractivity contribution in [3.63, 3.8) is 0 Å². The van der Waals surface area contributed by atoms with Crippen molar-refractivity contribution in [1.29, 1.82) is 0 Å². The molecular weight excluding hydrogens is 248 g/mol. The molecule has 0 aromatic carbocycles. The molecule has 0 saturated heterocycles. The van der Waals surface area contributed by atoms with Crippen molar-refractivity contribution >= 4 is 21.7 Å². The lowest BCUT2D eigenvalue weighted by Gasteiger charge is -1.98. The molecule has 0 aliphatic heterocycles. The van der Waals surface area contributed by atoms with E-state index >= 15 is 0 Å². The summed E-state index contributed by atoms with van der Waals surface area (Å²) in [6, 6.07) is 0. The Labute approximate surface area is 88.3 Å². The number of aromatic nitrogens is 4. The number of halogens is 1. The molecule has 0 spiro atoms. The third-order valence-corrected chi connectivity index (χ3v) is 2.45. The minimum atomic E-state index is -0.106. The van der Waals surface area contributed by atoms with Crippen molar-refractivity contribution in [3.8, 4) is 0 Å². The summed E-state index contributed by atoms with van der Waals surface area (Å²) in [5.74, 6) is -0.106. The van der Waals surface area contributed by atoms with Gasteiger partial charge in [-0.1, -0.05) is 0 Å². The van der Waals surface area contributed by atoms with Crippen LogP contribution in [0.2, 0.25) is 0 Å². The van der Waals surface area contributed by atoms with Crippen LogP contribution in [0.4, 0.5) is 0 Å². The SMILES string of the molecule is Cn1ncc(Br)c1C(=O)c1cn[nH]c1. The summed E-state index contributed by atoms with van der Waals surface area (Å²) in [4.78, 5) is 11.9. The monoisotopic (exact) mass is 254 g/mol. The first kappa shape index (κ1) is 9.14. The van der Waals surface area contributed by atoms with Crippen molar-refractivity contribution in [3.05, 3.63) is 34.3 Å². The number of nitrogens with one attached hydrogen (secondary N) is 1. The van der Waals surface area contributed by atoms with Crippen LogP contribution in [0, 0.1) is 0 Å². The van der Waals surface area contributed by atoms with Gasteiger partial charge < -0.3 is 0 Å². The first-order valence-corrected chi connectivity index (χ1v) is 4.70. The summed E-state index contributed by atoms with van der Waals surface area (Å²) in [5.41, 5.74) is 1.04.